The van der Waals surface area contributed by atoms with Crippen molar-refractivity contribution in [2.24, 2.45) is 0 Å². The molecule has 1 radical (unpaired) electrons. The molecule has 0 aliphatic heterocycles. The Hall–Kier alpha value is -0.490. The van der Waals surface area contributed by atoms with Crippen LogP contribution in [0.3, 0.4) is 0 Å². The van der Waals surface area contributed by atoms with Crippen molar-refractivity contribution in [1.29, 1.82) is 0 Å². The monoisotopic (exact) mass is 363 g/mol. The average molecular weight is 364 g/mol. The Morgan fingerprint density at radius 1 is 0.600 bits per heavy atom. The number of halogens is 1. The molecular weight excluding hydrogens is 324 g/mol. The molecule has 0 heterocycles. The van der Waals surface area contributed by atoms with Gasteiger partial charge in [-0.05, 0) is 30.5 Å². The first-order valence-corrected chi connectivity index (χ1v) is 11.3. The molecule has 0 saturated heterocycles. The van der Waals surface area contributed by atoms with Gasteiger partial charge in [0.05, 0.1) is 0 Å². The van der Waals surface area contributed by atoms with Crippen LogP contribution in [0.1, 0.15) is 115 Å². The third kappa shape index (κ3) is 14.4. The molecule has 0 aliphatic carbocycles. The molecule has 25 heavy (non-hydrogen) atoms. The second-order valence-electron chi connectivity index (χ2n) is 7.49. The fraction of sp³-hybridized carbons (Fsp3) is 0.708. The van der Waals surface area contributed by atoms with E-state index in [1.165, 1.54) is 108 Å². The molecule has 1 aromatic carbocycles. The van der Waals surface area contributed by atoms with Gasteiger partial charge in [0.1, 0.15) is 0 Å². The number of unbranched alkanes of at least 4 members (excludes halogenated alkanes) is 15. The van der Waals surface area contributed by atoms with E-state index in [1.807, 2.05) is 12.1 Å². The lowest BCUT2D eigenvalue weighted by Gasteiger charge is -2.04. The first-order valence-electron chi connectivity index (χ1n) is 10.9. The molecule has 0 amide bonds. The van der Waals surface area contributed by atoms with Crippen molar-refractivity contribution in [1.82, 2.24) is 0 Å². The lowest BCUT2D eigenvalue weighted by molar-refractivity contribution is 0.532. The first-order chi connectivity index (χ1) is 12.3. The average Bonchev–Trinajstić information content (AvgIpc) is 2.63. The van der Waals surface area contributed by atoms with E-state index in [4.69, 9.17) is 11.6 Å². The van der Waals surface area contributed by atoms with Crippen LogP contribution in [0.15, 0.2) is 24.3 Å². The van der Waals surface area contributed by atoms with Crippen LogP contribution >= 0.6 is 11.6 Å². The van der Waals surface area contributed by atoms with Gasteiger partial charge in [-0.25, -0.2) is 0 Å². The largest absolute Gasteiger partial charge is 0.0843 e. The van der Waals surface area contributed by atoms with Crippen LogP contribution in [0.5, 0.6) is 0 Å². The standard InChI is InChI=1S/C24H40Cl/c1-2-3-4-5-6-7-8-9-10-11-12-13-14-15-16-17-18-23-19-21-24(25)22-20-23/h18-22H,2-17H2,1H3. The Morgan fingerprint density at radius 2 is 1.00 bits per heavy atom. The van der Waals surface area contributed by atoms with E-state index in [0.29, 0.717) is 0 Å². The molecule has 1 aromatic rings. The van der Waals surface area contributed by atoms with Crippen LogP contribution in [-0.2, 0) is 0 Å². The maximum absolute atomic E-state index is 5.90. The van der Waals surface area contributed by atoms with Crippen LogP contribution in [0.4, 0.5) is 0 Å². The Labute approximate surface area is 162 Å². The van der Waals surface area contributed by atoms with Crippen molar-refractivity contribution in [2.45, 2.75) is 110 Å². The molecular formula is C24H40Cl. The number of hydrogen-bond donors (Lipinski definition) is 0. The predicted octanol–water partition coefficient (Wildman–Crippen LogP) is 9.15. The zero-order valence-electron chi connectivity index (χ0n) is 16.6. The van der Waals surface area contributed by atoms with Crippen LogP contribution in [0.25, 0.3) is 0 Å². The smallest absolute Gasteiger partial charge is 0.0406 e. The molecule has 0 unspecified atom stereocenters. The minimum absolute atomic E-state index is 0.823. The van der Waals surface area contributed by atoms with Gasteiger partial charge in [0.15, 0.2) is 0 Å². The van der Waals surface area contributed by atoms with E-state index in [1.54, 1.807) is 0 Å². The summed E-state index contributed by atoms with van der Waals surface area (Å²) in [6.45, 7) is 2.29. The molecule has 0 spiro atoms. The maximum atomic E-state index is 5.90. The minimum Gasteiger partial charge on any atom is -0.0843 e. The lowest BCUT2D eigenvalue weighted by Crippen LogP contribution is -1.85. The van der Waals surface area contributed by atoms with Crippen LogP contribution in [0, 0.1) is 6.42 Å². The SMILES string of the molecule is CCCCCCCCCCCCCCCCC[CH]c1ccc(Cl)cc1. The van der Waals surface area contributed by atoms with Crippen molar-refractivity contribution in [3.05, 3.63) is 41.3 Å². The van der Waals surface area contributed by atoms with Gasteiger partial charge in [-0.3, -0.25) is 0 Å². The highest BCUT2D eigenvalue weighted by molar-refractivity contribution is 6.30. The van der Waals surface area contributed by atoms with E-state index in [9.17, 15) is 0 Å². The minimum atomic E-state index is 0.823. The summed E-state index contributed by atoms with van der Waals surface area (Å²) < 4.78 is 0. The Morgan fingerprint density at radius 3 is 1.44 bits per heavy atom. The Kier molecular flexibility index (Phi) is 15.3. The van der Waals surface area contributed by atoms with Crippen LogP contribution in [-0.4, -0.2) is 0 Å². The molecule has 0 saturated carbocycles. The van der Waals surface area contributed by atoms with Gasteiger partial charge in [-0.1, -0.05) is 127 Å². The van der Waals surface area contributed by atoms with Crippen molar-refractivity contribution >= 4 is 11.6 Å². The number of hydrogen-bond acceptors (Lipinski definition) is 0. The maximum Gasteiger partial charge on any atom is 0.0406 e. The number of rotatable bonds is 17. The third-order valence-electron chi connectivity index (χ3n) is 5.06. The Balaban J connectivity index is 1.74. The van der Waals surface area contributed by atoms with Crippen LogP contribution < -0.4 is 0 Å². The summed E-state index contributed by atoms with van der Waals surface area (Å²) in [5, 5.41) is 0.823. The molecule has 0 N–H and O–H groups in total. The zero-order valence-corrected chi connectivity index (χ0v) is 17.3. The highest BCUT2D eigenvalue weighted by atomic mass is 35.5. The highest BCUT2D eigenvalue weighted by Gasteiger charge is 1.96. The fourth-order valence-corrected chi connectivity index (χ4v) is 3.51. The van der Waals surface area contributed by atoms with Gasteiger partial charge < -0.3 is 0 Å². The summed E-state index contributed by atoms with van der Waals surface area (Å²) in [5.41, 5.74) is 1.30. The fourth-order valence-electron chi connectivity index (χ4n) is 3.38. The van der Waals surface area contributed by atoms with Crippen LogP contribution in [0.2, 0.25) is 5.02 Å². The van der Waals surface area contributed by atoms with Gasteiger partial charge in [0, 0.05) is 5.02 Å². The summed E-state index contributed by atoms with van der Waals surface area (Å²) >= 11 is 5.90. The summed E-state index contributed by atoms with van der Waals surface area (Å²) in [7, 11) is 0. The molecule has 1 heteroatoms. The van der Waals surface area contributed by atoms with E-state index >= 15 is 0 Å². The van der Waals surface area contributed by atoms with Gasteiger partial charge in [0.25, 0.3) is 0 Å². The van der Waals surface area contributed by atoms with Gasteiger partial charge >= 0.3 is 0 Å². The topological polar surface area (TPSA) is 0 Å². The molecule has 0 atom stereocenters. The van der Waals surface area contributed by atoms with Crippen molar-refractivity contribution in [3.63, 3.8) is 0 Å². The lowest BCUT2D eigenvalue weighted by atomic mass is 10.0. The Bertz CT molecular complexity index is 382. The van der Waals surface area contributed by atoms with Gasteiger partial charge in [0.2, 0.25) is 0 Å². The van der Waals surface area contributed by atoms with Gasteiger partial charge in [-0.2, -0.15) is 0 Å². The molecule has 143 valence electrons. The normalized spacial score (nSPS) is 11.1. The number of benzene rings is 1. The summed E-state index contributed by atoms with van der Waals surface area (Å²) in [6.07, 6.45) is 25.0. The highest BCUT2D eigenvalue weighted by Crippen LogP contribution is 2.16. The molecule has 0 nitrogen and oxygen atoms in total. The first kappa shape index (κ1) is 22.6. The van der Waals surface area contributed by atoms with E-state index in [2.05, 4.69) is 25.5 Å². The van der Waals surface area contributed by atoms with Crippen molar-refractivity contribution in [3.8, 4) is 0 Å². The van der Waals surface area contributed by atoms with E-state index in [-0.39, 0.29) is 0 Å². The van der Waals surface area contributed by atoms with E-state index < -0.39 is 0 Å². The third-order valence-corrected chi connectivity index (χ3v) is 5.31. The second kappa shape index (κ2) is 17.0. The quantitative estimate of drug-likeness (QED) is 0.242. The molecule has 0 fully saturated rings. The molecule has 0 aromatic heterocycles. The van der Waals surface area contributed by atoms with Crippen molar-refractivity contribution < 1.29 is 0 Å². The summed E-state index contributed by atoms with van der Waals surface area (Å²) in [6, 6.07) is 8.15. The van der Waals surface area contributed by atoms with Crippen molar-refractivity contribution in [2.75, 3.05) is 0 Å². The predicted molar refractivity (Wildman–Crippen MR) is 114 cm³/mol. The molecule has 0 aliphatic rings. The van der Waals surface area contributed by atoms with E-state index in [0.717, 1.165) is 5.02 Å². The zero-order chi connectivity index (χ0) is 18.0. The summed E-state index contributed by atoms with van der Waals surface area (Å²) in [5.74, 6) is 0. The summed E-state index contributed by atoms with van der Waals surface area (Å²) in [4.78, 5) is 0. The second-order valence-corrected chi connectivity index (χ2v) is 7.93. The molecule has 1 rings (SSSR count). The van der Waals surface area contributed by atoms with Gasteiger partial charge in [-0.15, -0.1) is 0 Å². The molecule has 0 bridgehead atoms.